The third-order valence-electron chi connectivity index (χ3n) is 4.12. The Kier molecular flexibility index (Phi) is 4.86. The van der Waals surface area contributed by atoms with Gasteiger partial charge in [0.2, 0.25) is 0 Å². The summed E-state index contributed by atoms with van der Waals surface area (Å²) in [6, 6.07) is 18.1. The van der Waals surface area contributed by atoms with Gasteiger partial charge in [0.15, 0.2) is 5.82 Å². The molecule has 0 saturated carbocycles. The molecule has 124 valence electrons. The Morgan fingerprint density at radius 1 is 1.08 bits per heavy atom. The molecule has 6 nitrogen and oxygen atoms in total. The summed E-state index contributed by atoms with van der Waals surface area (Å²) in [5.74, 6) is 1.68. The number of nitrogens with zero attached hydrogens (tertiary/aromatic N) is 5. The average Bonchev–Trinajstić information content (AvgIpc) is 3.12. The summed E-state index contributed by atoms with van der Waals surface area (Å²) in [6.45, 7) is 2.90. The SMILES string of the molecule is COc1ccc(CN(C)C(C)c2nnnn2-c2ccccc2)cc1. The highest BCUT2D eigenvalue weighted by atomic mass is 16.5. The van der Waals surface area contributed by atoms with Gasteiger partial charge in [-0.15, -0.1) is 5.10 Å². The van der Waals surface area contributed by atoms with Gasteiger partial charge in [-0.3, -0.25) is 4.90 Å². The molecule has 3 aromatic rings. The van der Waals surface area contributed by atoms with Crippen molar-refractivity contribution in [2.75, 3.05) is 14.2 Å². The maximum absolute atomic E-state index is 5.20. The molecule has 1 unspecified atom stereocenters. The van der Waals surface area contributed by atoms with Crippen molar-refractivity contribution in [2.24, 2.45) is 0 Å². The molecule has 2 aromatic carbocycles. The summed E-state index contributed by atoms with van der Waals surface area (Å²) < 4.78 is 6.99. The fourth-order valence-corrected chi connectivity index (χ4v) is 2.56. The number of benzene rings is 2. The zero-order valence-electron chi connectivity index (χ0n) is 14.1. The lowest BCUT2D eigenvalue weighted by atomic mass is 10.2. The first-order valence-electron chi connectivity index (χ1n) is 7.86. The van der Waals surface area contributed by atoms with E-state index in [1.165, 1.54) is 5.56 Å². The highest BCUT2D eigenvalue weighted by Crippen LogP contribution is 2.21. The minimum atomic E-state index is 0.0716. The number of ether oxygens (including phenoxy) is 1. The van der Waals surface area contributed by atoms with E-state index in [1.54, 1.807) is 11.8 Å². The maximum Gasteiger partial charge on any atom is 0.173 e. The van der Waals surface area contributed by atoms with Gasteiger partial charge in [-0.1, -0.05) is 30.3 Å². The zero-order valence-corrected chi connectivity index (χ0v) is 14.1. The Morgan fingerprint density at radius 3 is 2.46 bits per heavy atom. The fourth-order valence-electron chi connectivity index (χ4n) is 2.56. The van der Waals surface area contributed by atoms with Gasteiger partial charge in [-0.2, -0.15) is 4.68 Å². The Balaban J connectivity index is 1.76. The Bertz CT molecular complexity index is 770. The topological polar surface area (TPSA) is 56.1 Å². The molecular weight excluding hydrogens is 302 g/mol. The molecule has 0 amide bonds. The molecule has 0 bridgehead atoms. The number of aromatic nitrogens is 4. The van der Waals surface area contributed by atoms with Crippen LogP contribution in [-0.2, 0) is 6.54 Å². The normalized spacial score (nSPS) is 12.3. The van der Waals surface area contributed by atoms with Crippen LogP contribution in [-0.4, -0.2) is 39.3 Å². The molecule has 0 N–H and O–H groups in total. The van der Waals surface area contributed by atoms with Crippen LogP contribution in [0, 0.1) is 0 Å². The standard InChI is InChI=1S/C18H21N5O/c1-14(22(2)13-15-9-11-17(24-3)12-10-15)18-19-20-21-23(18)16-7-5-4-6-8-16/h4-12,14H,13H2,1-3H3. The molecule has 3 rings (SSSR count). The third-order valence-corrected chi connectivity index (χ3v) is 4.12. The highest BCUT2D eigenvalue weighted by Gasteiger charge is 2.20. The number of rotatable bonds is 6. The molecule has 0 aliphatic rings. The van der Waals surface area contributed by atoms with Gasteiger partial charge in [-0.25, -0.2) is 0 Å². The molecule has 0 saturated heterocycles. The van der Waals surface area contributed by atoms with Crippen LogP contribution in [0.1, 0.15) is 24.4 Å². The van der Waals surface area contributed by atoms with E-state index in [0.717, 1.165) is 23.8 Å². The lowest BCUT2D eigenvalue weighted by Crippen LogP contribution is -2.24. The number of methoxy groups -OCH3 is 1. The second kappa shape index (κ2) is 7.23. The summed E-state index contributed by atoms with van der Waals surface area (Å²) in [6.07, 6.45) is 0. The lowest BCUT2D eigenvalue weighted by Gasteiger charge is -2.24. The highest BCUT2D eigenvalue weighted by molar-refractivity contribution is 5.31. The molecule has 0 spiro atoms. The Morgan fingerprint density at radius 2 is 1.79 bits per heavy atom. The van der Waals surface area contributed by atoms with Gasteiger partial charge < -0.3 is 4.74 Å². The monoisotopic (exact) mass is 323 g/mol. The first-order valence-corrected chi connectivity index (χ1v) is 7.86. The molecule has 1 aromatic heterocycles. The first-order chi connectivity index (χ1) is 11.7. The molecule has 1 atom stereocenters. The molecule has 1 heterocycles. The van der Waals surface area contributed by atoms with Gasteiger partial charge in [0.1, 0.15) is 5.75 Å². The minimum Gasteiger partial charge on any atom is -0.497 e. The van der Waals surface area contributed by atoms with E-state index in [4.69, 9.17) is 4.74 Å². The molecule has 0 aliphatic heterocycles. The van der Waals surface area contributed by atoms with Crippen molar-refractivity contribution in [3.63, 3.8) is 0 Å². The van der Waals surface area contributed by atoms with Crippen molar-refractivity contribution in [2.45, 2.75) is 19.5 Å². The molecule has 0 radical (unpaired) electrons. The summed E-state index contributed by atoms with van der Waals surface area (Å²) in [4.78, 5) is 2.22. The zero-order chi connectivity index (χ0) is 16.9. The molecule has 6 heteroatoms. The van der Waals surface area contributed by atoms with Crippen LogP contribution in [0.5, 0.6) is 5.75 Å². The van der Waals surface area contributed by atoms with Crippen molar-refractivity contribution in [3.8, 4) is 11.4 Å². The molecule has 0 fully saturated rings. The second-order valence-electron chi connectivity index (χ2n) is 5.72. The van der Waals surface area contributed by atoms with E-state index in [0.29, 0.717) is 0 Å². The van der Waals surface area contributed by atoms with E-state index < -0.39 is 0 Å². The number of tetrazole rings is 1. The predicted octanol–water partition coefficient (Wildman–Crippen LogP) is 2.86. The second-order valence-corrected chi connectivity index (χ2v) is 5.72. The quantitative estimate of drug-likeness (QED) is 0.698. The summed E-state index contributed by atoms with van der Waals surface area (Å²) >= 11 is 0. The molecular formula is C18H21N5O. The fraction of sp³-hybridized carbons (Fsp3) is 0.278. The summed E-state index contributed by atoms with van der Waals surface area (Å²) in [5, 5.41) is 12.2. The van der Waals surface area contributed by atoms with Gasteiger partial charge in [0, 0.05) is 6.54 Å². The van der Waals surface area contributed by atoms with Gasteiger partial charge in [0.05, 0.1) is 18.8 Å². The van der Waals surface area contributed by atoms with Gasteiger partial charge >= 0.3 is 0 Å². The molecule has 24 heavy (non-hydrogen) atoms. The van der Waals surface area contributed by atoms with Crippen molar-refractivity contribution in [1.82, 2.24) is 25.1 Å². The van der Waals surface area contributed by atoms with Gasteiger partial charge in [-0.05, 0) is 54.2 Å². The minimum absolute atomic E-state index is 0.0716. The number of para-hydroxylation sites is 1. The maximum atomic E-state index is 5.20. The van der Waals surface area contributed by atoms with Crippen molar-refractivity contribution in [1.29, 1.82) is 0 Å². The Labute approximate surface area is 141 Å². The predicted molar refractivity (Wildman–Crippen MR) is 92.0 cm³/mol. The largest absolute Gasteiger partial charge is 0.497 e. The van der Waals surface area contributed by atoms with E-state index in [2.05, 4.69) is 46.5 Å². The van der Waals surface area contributed by atoms with Crippen molar-refractivity contribution >= 4 is 0 Å². The van der Waals surface area contributed by atoms with E-state index >= 15 is 0 Å². The van der Waals surface area contributed by atoms with Crippen LogP contribution in [0.2, 0.25) is 0 Å². The van der Waals surface area contributed by atoms with Crippen LogP contribution in [0.3, 0.4) is 0 Å². The van der Waals surface area contributed by atoms with E-state index in [9.17, 15) is 0 Å². The summed E-state index contributed by atoms with van der Waals surface area (Å²) in [7, 11) is 3.74. The average molecular weight is 323 g/mol. The van der Waals surface area contributed by atoms with Crippen molar-refractivity contribution < 1.29 is 4.74 Å². The van der Waals surface area contributed by atoms with Crippen LogP contribution in [0.4, 0.5) is 0 Å². The van der Waals surface area contributed by atoms with Crippen molar-refractivity contribution in [3.05, 3.63) is 66.0 Å². The molecule has 0 aliphatic carbocycles. The van der Waals surface area contributed by atoms with Crippen LogP contribution in [0.25, 0.3) is 5.69 Å². The van der Waals surface area contributed by atoms with Crippen LogP contribution in [0.15, 0.2) is 54.6 Å². The number of hydrogen-bond acceptors (Lipinski definition) is 5. The first kappa shape index (κ1) is 16.1. The smallest absolute Gasteiger partial charge is 0.173 e. The van der Waals surface area contributed by atoms with Crippen LogP contribution < -0.4 is 4.74 Å². The lowest BCUT2D eigenvalue weighted by molar-refractivity contribution is 0.240. The van der Waals surface area contributed by atoms with Gasteiger partial charge in [0.25, 0.3) is 0 Å². The number of hydrogen-bond donors (Lipinski definition) is 0. The van der Waals surface area contributed by atoms with E-state index in [1.807, 2.05) is 42.5 Å². The van der Waals surface area contributed by atoms with E-state index in [-0.39, 0.29) is 6.04 Å². The van der Waals surface area contributed by atoms with Crippen LogP contribution >= 0.6 is 0 Å². The summed E-state index contributed by atoms with van der Waals surface area (Å²) in [5.41, 5.74) is 2.17. The Hall–Kier alpha value is -2.73. The third kappa shape index (κ3) is 3.44.